The lowest BCUT2D eigenvalue weighted by molar-refractivity contribution is -0.137. The fourth-order valence-electron chi connectivity index (χ4n) is 0.859. The Kier molecular flexibility index (Phi) is 9.38. The van der Waals surface area contributed by atoms with E-state index in [1.165, 1.54) is 20.8 Å². The molecular formula is C9H18N2O3. The Morgan fingerprint density at radius 3 is 1.07 bits per heavy atom. The van der Waals surface area contributed by atoms with E-state index in [4.69, 9.17) is 11.5 Å². The van der Waals surface area contributed by atoms with Gasteiger partial charge in [-0.05, 0) is 20.8 Å². The highest BCUT2D eigenvalue weighted by atomic mass is 16.2. The van der Waals surface area contributed by atoms with Crippen LogP contribution in [0.4, 0.5) is 0 Å². The van der Waals surface area contributed by atoms with Crippen molar-refractivity contribution in [2.24, 2.45) is 17.4 Å². The molecule has 0 bridgehead atoms. The van der Waals surface area contributed by atoms with Gasteiger partial charge < -0.3 is 11.5 Å². The number of nitrogens with two attached hydrogens (primary N) is 2. The van der Waals surface area contributed by atoms with Gasteiger partial charge in [0.2, 0.25) is 0 Å². The Balaban J connectivity index is 0. The van der Waals surface area contributed by atoms with Crippen LogP contribution in [0.3, 0.4) is 0 Å². The maximum atomic E-state index is 10.6. The molecule has 0 amide bonds. The summed E-state index contributed by atoms with van der Waals surface area (Å²) in [6.45, 7) is 4.92. The first-order valence-electron chi connectivity index (χ1n) is 4.29. The number of Topliss-reactive ketones (excluding diaryl/α,β-unsaturated/α-hetero) is 3. The van der Waals surface area contributed by atoms with E-state index in [1.54, 1.807) is 0 Å². The summed E-state index contributed by atoms with van der Waals surface area (Å²) in [5.41, 5.74) is 9.81. The highest BCUT2D eigenvalue weighted by Gasteiger charge is 2.23. The lowest BCUT2D eigenvalue weighted by atomic mass is 9.97. The van der Waals surface area contributed by atoms with Crippen LogP contribution in [0.15, 0.2) is 0 Å². The van der Waals surface area contributed by atoms with Gasteiger partial charge in [0, 0.05) is 13.1 Å². The zero-order chi connectivity index (χ0) is 11.7. The number of rotatable bonds is 4. The maximum absolute atomic E-state index is 10.6. The minimum absolute atomic E-state index is 0.375. The molecule has 0 aromatic carbocycles. The molecule has 82 valence electrons. The van der Waals surface area contributed by atoms with Crippen molar-refractivity contribution >= 4 is 17.3 Å². The second-order valence-electron chi connectivity index (χ2n) is 2.84. The van der Waals surface area contributed by atoms with E-state index >= 15 is 0 Å². The van der Waals surface area contributed by atoms with Crippen LogP contribution < -0.4 is 11.5 Å². The van der Waals surface area contributed by atoms with Crippen LogP contribution in [0.1, 0.15) is 20.8 Å². The molecule has 0 aliphatic heterocycles. The molecule has 0 aliphatic carbocycles. The molecule has 0 radical (unpaired) electrons. The van der Waals surface area contributed by atoms with Gasteiger partial charge in [-0.15, -0.1) is 0 Å². The van der Waals surface area contributed by atoms with Crippen molar-refractivity contribution in [2.75, 3.05) is 13.1 Å². The van der Waals surface area contributed by atoms with Crippen LogP contribution in [0.25, 0.3) is 0 Å². The maximum Gasteiger partial charge on any atom is 0.147 e. The topological polar surface area (TPSA) is 103 Å². The van der Waals surface area contributed by atoms with Crippen molar-refractivity contribution in [1.29, 1.82) is 0 Å². The summed E-state index contributed by atoms with van der Waals surface area (Å²) >= 11 is 0. The molecule has 14 heavy (non-hydrogen) atoms. The van der Waals surface area contributed by atoms with Crippen molar-refractivity contribution in [1.82, 2.24) is 0 Å². The minimum atomic E-state index is -1.03. The largest absolute Gasteiger partial charge is 0.329 e. The van der Waals surface area contributed by atoms with Crippen molar-refractivity contribution in [3.05, 3.63) is 0 Å². The van der Waals surface area contributed by atoms with Gasteiger partial charge in [0.1, 0.15) is 23.3 Å². The average molecular weight is 202 g/mol. The number of carbonyl (C=O) groups excluding carboxylic acids is 3. The third-order valence-electron chi connectivity index (χ3n) is 1.39. The van der Waals surface area contributed by atoms with E-state index in [0.717, 1.165) is 0 Å². The molecule has 0 heterocycles. The first-order chi connectivity index (χ1) is 6.38. The number of ketones is 3. The Morgan fingerprint density at radius 2 is 1.07 bits per heavy atom. The summed E-state index contributed by atoms with van der Waals surface area (Å²) in [7, 11) is 0. The van der Waals surface area contributed by atoms with Crippen molar-refractivity contribution < 1.29 is 14.4 Å². The Labute approximate surface area is 83.8 Å². The summed E-state index contributed by atoms with van der Waals surface area (Å²) in [4.78, 5) is 31.8. The smallest absolute Gasteiger partial charge is 0.147 e. The molecule has 0 rings (SSSR count). The van der Waals surface area contributed by atoms with E-state index in [9.17, 15) is 14.4 Å². The molecule has 4 N–H and O–H groups in total. The highest BCUT2D eigenvalue weighted by molar-refractivity contribution is 6.17. The molecule has 0 atom stereocenters. The van der Waals surface area contributed by atoms with Crippen molar-refractivity contribution in [2.45, 2.75) is 20.8 Å². The summed E-state index contributed by atoms with van der Waals surface area (Å²) in [5.74, 6) is -2.15. The summed E-state index contributed by atoms with van der Waals surface area (Å²) in [6, 6.07) is 0. The molecule has 0 saturated carbocycles. The molecule has 5 heteroatoms. The zero-order valence-corrected chi connectivity index (χ0v) is 8.87. The fourth-order valence-corrected chi connectivity index (χ4v) is 0.859. The lowest BCUT2D eigenvalue weighted by Crippen LogP contribution is -2.26. The van der Waals surface area contributed by atoms with E-state index in [1.807, 2.05) is 0 Å². The Hall–Kier alpha value is -1.07. The van der Waals surface area contributed by atoms with Crippen LogP contribution in [-0.2, 0) is 14.4 Å². The van der Waals surface area contributed by atoms with E-state index < -0.39 is 5.92 Å². The Morgan fingerprint density at radius 1 is 0.857 bits per heavy atom. The highest BCUT2D eigenvalue weighted by Crippen LogP contribution is 2.00. The number of hydrogen-bond acceptors (Lipinski definition) is 5. The predicted octanol–water partition coefficient (Wildman–Crippen LogP) is -0.727. The van der Waals surface area contributed by atoms with Crippen LogP contribution in [0, 0.1) is 5.92 Å². The molecular weight excluding hydrogens is 184 g/mol. The van der Waals surface area contributed by atoms with Crippen LogP contribution in [0.5, 0.6) is 0 Å². The van der Waals surface area contributed by atoms with Crippen LogP contribution >= 0.6 is 0 Å². The third kappa shape index (κ3) is 7.57. The summed E-state index contributed by atoms with van der Waals surface area (Å²) in [6.07, 6.45) is 0. The monoisotopic (exact) mass is 202 g/mol. The van der Waals surface area contributed by atoms with Gasteiger partial charge >= 0.3 is 0 Å². The van der Waals surface area contributed by atoms with E-state index in [2.05, 4.69) is 0 Å². The first kappa shape index (κ1) is 15.4. The first-order valence-corrected chi connectivity index (χ1v) is 4.29. The number of carbonyl (C=O) groups is 3. The van der Waals surface area contributed by atoms with Gasteiger partial charge in [-0.3, -0.25) is 14.4 Å². The minimum Gasteiger partial charge on any atom is -0.329 e. The quantitative estimate of drug-likeness (QED) is 0.585. The standard InChI is InChI=1S/C7H10O3.C2H8N2/c1-4(8)7(5(2)9)6(3)10;3-1-2-4/h7H,1-3H3;1-4H2. The molecule has 0 fully saturated rings. The van der Waals surface area contributed by atoms with Gasteiger partial charge in [0.15, 0.2) is 0 Å². The predicted molar refractivity (Wildman–Crippen MR) is 53.6 cm³/mol. The van der Waals surface area contributed by atoms with E-state index in [-0.39, 0.29) is 17.3 Å². The van der Waals surface area contributed by atoms with Crippen molar-refractivity contribution in [3.63, 3.8) is 0 Å². The number of hydrogen-bond donors (Lipinski definition) is 2. The van der Waals surface area contributed by atoms with Crippen LogP contribution in [-0.4, -0.2) is 30.4 Å². The van der Waals surface area contributed by atoms with Gasteiger partial charge in [0.05, 0.1) is 0 Å². The zero-order valence-electron chi connectivity index (χ0n) is 8.87. The Bertz CT molecular complexity index is 179. The fraction of sp³-hybridized carbons (Fsp3) is 0.667. The SMILES string of the molecule is CC(=O)C(C(C)=O)C(C)=O.NCCN. The molecule has 0 aliphatic rings. The molecule has 0 aromatic rings. The van der Waals surface area contributed by atoms with Gasteiger partial charge in [0.25, 0.3) is 0 Å². The molecule has 5 nitrogen and oxygen atoms in total. The summed E-state index contributed by atoms with van der Waals surface area (Å²) < 4.78 is 0. The third-order valence-corrected chi connectivity index (χ3v) is 1.39. The second-order valence-corrected chi connectivity index (χ2v) is 2.84. The van der Waals surface area contributed by atoms with Crippen LogP contribution in [0.2, 0.25) is 0 Å². The lowest BCUT2D eigenvalue weighted by Gasteiger charge is -2.02. The molecule has 0 saturated heterocycles. The molecule has 0 spiro atoms. The second kappa shape index (κ2) is 8.52. The van der Waals surface area contributed by atoms with Gasteiger partial charge in [-0.2, -0.15) is 0 Å². The molecule has 0 aromatic heterocycles. The average Bonchev–Trinajstić information content (AvgIpc) is 2.02. The van der Waals surface area contributed by atoms with Gasteiger partial charge in [-0.1, -0.05) is 0 Å². The molecule has 0 unspecified atom stereocenters. The van der Waals surface area contributed by atoms with Gasteiger partial charge in [-0.25, -0.2) is 0 Å². The summed E-state index contributed by atoms with van der Waals surface area (Å²) in [5, 5.41) is 0. The van der Waals surface area contributed by atoms with E-state index in [0.29, 0.717) is 13.1 Å². The van der Waals surface area contributed by atoms with Crippen molar-refractivity contribution in [3.8, 4) is 0 Å². The normalized spacial score (nSPS) is 9.00.